The van der Waals surface area contributed by atoms with Crippen molar-refractivity contribution in [2.75, 3.05) is 11.4 Å². The zero-order chi connectivity index (χ0) is 13.3. The molecule has 3 nitrogen and oxygen atoms in total. The molecule has 96 valence electrons. The van der Waals surface area contributed by atoms with Gasteiger partial charge in [0.1, 0.15) is 0 Å². The summed E-state index contributed by atoms with van der Waals surface area (Å²) >= 11 is 0. The Hall–Kier alpha value is -1.53. The van der Waals surface area contributed by atoms with Gasteiger partial charge in [-0.2, -0.15) is 5.26 Å². The summed E-state index contributed by atoms with van der Waals surface area (Å²) in [6.07, 6.45) is 1.00. The molecule has 1 heterocycles. The second-order valence-electron chi connectivity index (χ2n) is 5.64. The Morgan fingerprint density at radius 2 is 1.94 bits per heavy atom. The van der Waals surface area contributed by atoms with Gasteiger partial charge in [0.2, 0.25) is 0 Å². The lowest BCUT2D eigenvalue weighted by molar-refractivity contribution is 0.0156. The van der Waals surface area contributed by atoms with E-state index in [0.29, 0.717) is 11.6 Å². The van der Waals surface area contributed by atoms with Gasteiger partial charge in [0, 0.05) is 24.2 Å². The maximum absolute atomic E-state index is 10.2. The topological polar surface area (TPSA) is 47.3 Å². The molecule has 18 heavy (non-hydrogen) atoms. The lowest BCUT2D eigenvalue weighted by Gasteiger charge is -2.32. The predicted octanol–water partition coefficient (Wildman–Crippen LogP) is 2.54. The van der Waals surface area contributed by atoms with Crippen LogP contribution in [0.4, 0.5) is 5.69 Å². The standard InChI is InChI=1S/C15H20N2O/c1-11-14(15(2,3)18)8-9-17(11)13-6-4-12(10-16)5-7-13/h4-7,11,14,18H,8-9H2,1-3H3. The van der Waals surface area contributed by atoms with E-state index in [1.165, 1.54) is 0 Å². The number of aliphatic hydroxyl groups is 1. The minimum absolute atomic E-state index is 0.285. The molecule has 1 fully saturated rings. The highest BCUT2D eigenvalue weighted by Crippen LogP contribution is 2.35. The molecule has 0 aliphatic carbocycles. The van der Waals surface area contributed by atoms with Crippen molar-refractivity contribution in [2.45, 2.75) is 38.8 Å². The molecule has 2 unspecified atom stereocenters. The van der Waals surface area contributed by atoms with Crippen molar-refractivity contribution >= 4 is 5.69 Å². The summed E-state index contributed by atoms with van der Waals surface area (Å²) in [6, 6.07) is 10.1. The molecule has 0 saturated carbocycles. The summed E-state index contributed by atoms with van der Waals surface area (Å²) in [4.78, 5) is 2.31. The van der Waals surface area contributed by atoms with Crippen LogP contribution in [-0.2, 0) is 0 Å². The van der Waals surface area contributed by atoms with E-state index >= 15 is 0 Å². The third-order valence-electron chi connectivity index (χ3n) is 3.99. The fraction of sp³-hybridized carbons (Fsp3) is 0.533. The van der Waals surface area contributed by atoms with Gasteiger partial charge >= 0.3 is 0 Å². The fourth-order valence-electron chi connectivity index (χ4n) is 2.98. The minimum atomic E-state index is -0.638. The smallest absolute Gasteiger partial charge is 0.0991 e. The highest BCUT2D eigenvalue weighted by Gasteiger charge is 2.39. The van der Waals surface area contributed by atoms with Gasteiger partial charge in [0.05, 0.1) is 17.2 Å². The van der Waals surface area contributed by atoms with Crippen LogP contribution >= 0.6 is 0 Å². The van der Waals surface area contributed by atoms with Gasteiger partial charge in [-0.25, -0.2) is 0 Å². The predicted molar refractivity (Wildman–Crippen MR) is 72.4 cm³/mol. The van der Waals surface area contributed by atoms with E-state index in [-0.39, 0.29) is 5.92 Å². The average Bonchev–Trinajstić information content (AvgIpc) is 2.71. The first-order chi connectivity index (χ1) is 8.43. The van der Waals surface area contributed by atoms with Crippen LogP contribution in [0.25, 0.3) is 0 Å². The summed E-state index contributed by atoms with van der Waals surface area (Å²) in [5, 5.41) is 19.0. The SMILES string of the molecule is CC1C(C(C)(C)O)CCN1c1ccc(C#N)cc1. The van der Waals surface area contributed by atoms with E-state index in [9.17, 15) is 5.11 Å². The molecular formula is C15H20N2O. The monoisotopic (exact) mass is 244 g/mol. The van der Waals surface area contributed by atoms with Gasteiger partial charge in [-0.05, 0) is 51.5 Å². The second kappa shape index (κ2) is 4.62. The van der Waals surface area contributed by atoms with Crippen molar-refractivity contribution in [1.29, 1.82) is 5.26 Å². The van der Waals surface area contributed by atoms with Crippen LogP contribution in [0.5, 0.6) is 0 Å². The lowest BCUT2D eigenvalue weighted by atomic mass is 9.85. The van der Waals surface area contributed by atoms with Crippen LogP contribution in [-0.4, -0.2) is 23.3 Å². The van der Waals surface area contributed by atoms with E-state index in [0.717, 1.165) is 18.7 Å². The number of hydrogen-bond acceptors (Lipinski definition) is 3. The Morgan fingerprint density at radius 3 is 2.39 bits per heavy atom. The number of nitriles is 1. The highest BCUT2D eigenvalue weighted by atomic mass is 16.3. The molecule has 1 aromatic rings. The number of benzene rings is 1. The summed E-state index contributed by atoms with van der Waals surface area (Å²) in [5.74, 6) is 0.285. The number of anilines is 1. The maximum Gasteiger partial charge on any atom is 0.0991 e. The zero-order valence-corrected chi connectivity index (χ0v) is 11.2. The largest absolute Gasteiger partial charge is 0.390 e. The fourth-order valence-corrected chi connectivity index (χ4v) is 2.98. The van der Waals surface area contributed by atoms with Crippen LogP contribution in [0.3, 0.4) is 0 Å². The molecule has 0 bridgehead atoms. The summed E-state index contributed by atoms with van der Waals surface area (Å²) in [7, 11) is 0. The Balaban J connectivity index is 2.18. The lowest BCUT2D eigenvalue weighted by Crippen LogP contribution is -2.40. The average molecular weight is 244 g/mol. The molecule has 0 radical (unpaired) electrons. The highest BCUT2D eigenvalue weighted by molar-refractivity contribution is 5.51. The van der Waals surface area contributed by atoms with Gasteiger partial charge in [0.25, 0.3) is 0 Å². The molecule has 3 heteroatoms. The maximum atomic E-state index is 10.2. The van der Waals surface area contributed by atoms with E-state index in [1.807, 2.05) is 38.1 Å². The Kier molecular flexibility index (Phi) is 3.32. The summed E-state index contributed by atoms with van der Waals surface area (Å²) in [6.45, 7) is 6.89. The van der Waals surface area contributed by atoms with Crippen LogP contribution in [0.2, 0.25) is 0 Å². The van der Waals surface area contributed by atoms with Gasteiger partial charge in [-0.1, -0.05) is 0 Å². The van der Waals surface area contributed by atoms with Gasteiger partial charge in [-0.15, -0.1) is 0 Å². The molecule has 0 aromatic heterocycles. The molecule has 1 aliphatic rings. The normalized spacial score (nSPS) is 24.1. The van der Waals surface area contributed by atoms with Crippen molar-refractivity contribution in [2.24, 2.45) is 5.92 Å². The Bertz CT molecular complexity index is 453. The number of hydrogen-bond donors (Lipinski definition) is 1. The first-order valence-corrected chi connectivity index (χ1v) is 6.42. The molecule has 1 aliphatic heterocycles. The van der Waals surface area contributed by atoms with E-state index < -0.39 is 5.60 Å². The van der Waals surface area contributed by atoms with Gasteiger partial charge in [0.15, 0.2) is 0 Å². The van der Waals surface area contributed by atoms with Crippen molar-refractivity contribution in [3.8, 4) is 6.07 Å². The van der Waals surface area contributed by atoms with Crippen molar-refractivity contribution in [3.63, 3.8) is 0 Å². The van der Waals surface area contributed by atoms with Crippen molar-refractivity contribution < 1.29 is 5.11 Å². The van der Waals surface area contributed by atoms with E-state index in [1.54, 1.807) is 0 Å². The van der Waals surface area contributed by atoms with Crippen LogP contribution in [0.1, 0.15) is 32.8 Å². The molecule has 2 atom stereocenters. The first kappa shape index (κ1) is 12.9. The quantitative estimate of drug-likeness (QED) is 0.869. The third-order valence-corrected chi connectivity index (χ3v) is 3.99. The van der Waals surface area contributed by atoms with Crippen LogP contribution in [0, 0.1) is 17.2 Å². The molecule has 1 saturated heterocycles. The number of rotatable bonds is 2. The van der Waals surface area contributed by atoms with Gasteiger partial charge in [-0.3, -0.25) is 0 Å². The summed E-state index contributed by atoms with van der Waals surface area (Å²) in [5.41, 5.74) is 1.18. The number of nitrogens with zero attached hydrogens (tertiary/aromatic N) is 2. The second-order valence-corrected chi connectivity index (χ2v) is 5.64. The van der Waals surface area contributed by atoms with Crippen LogP contribution < -0.4 is 4.90 Å². The molecule has 1 N–H and O–H groups in total. The molecule has 0 spiro atoms. The minimum Gasteiger partial charge on any atom is -0.390 e. The van der Waals surface area contributed by atoms with Crippen LogP contribution in [0.15, 0.2) is 24.3 Å². The molecule has 0 amide bonds. The molecule has 1 aromatic carbocycles. The van der Waals surface area contributed by atoms with Crippen molar-refractivity contribution in [1.82, 2.24) is 0 Å². The van der Waals surface area contributed by atoms with Gasteiger partial charge < -0.3 is 10.0 Å². The summed E-state index contributed by atoms with van der Waals surface area (Å²) < 4.78 is 0. The van der Waals surface area contributed by atoms with Crippen molar-refractivity contribution in [3.05, 3.63) is 29.8 Å². The Labute approximate surface area is 109 Å². The first-order valence-electron chi connectivity index (χ1n) is 6.42. The molecular weight excluding hydrogens is 224 g/mol. The zero-order valence-electron chi connectivity index (χ0n) is 11.2. The van der Waals surface area contributed by atoms with E-state index in [4.69, 9.17) is 5.26 Å². The van der Waals surface area contributed by atoms with E-state index in [2.05, 4.69) is 17.9 Å². The third kappa shape index (κ3) is 2.34. The Morgan fingerprint density at radius 1 is 1.33 bits per heavy atom. The molecule has 2 rings (SSSR count).